The minimum Gasteiger partial charge on any atom is -0.357 e. The summed E-state index contributed by atoms with van der Waals surface area (Å²) in [5.41, 5.74) is 2.09. The molecule has 8 nitrogen and oxygen atoms in total. The van der Waals surface area contributed by atoms with Crippen LogP contribution in [0.5, 0.6) is 0 Å². The lowest BCUT2D eigenvalue weighted by Crippen LogP contribution is -2.35. The number of pyridine rings is 1. The molecule has 0 bridgehead atoms. The van der Waals surface area contributed by atoms with Crippen LogP contribution in [-0.2, 0) is 6.54 Å². The molecule has 27 heavy (non-hydrogen) atoms. The van der Waals surface area contributed by atoms with Gasteiger partial charge in [-0.05, 0) is 50.7 Å². The van der Waals surface area contributed by atoms with Gasteiger partial charge in [-0.25, -0.2) is 4.98 Å². The molecule has 3 aromatic rings. The molecular weight excluding hydrogens is 342 g/mol. The van der Waals surface area contributed by atoms with Crippen LogP contribution in [0.2, 0.25) is 0 Å². The summed E-state index contributed by atoms with van der Waals surface area (Å²) in [7, 11) is 0. The third-order valence-electron chi connectivity index (χ3n) is 5.46. The van der Waals surface area contributed by atoms with Gasteiger partial charge in [-0.3, -0.25) is 4.68 Å². The van der Waals surface area contributed by atoms with E-state index in [-0.39, 0.29) is 0 Å². The van der Waals surface area contributed by atoms with E-state index in [0.29, 0.717) is 23.6 Å². The summed E-state index contributed by atoms with van der Waals surface area (Å²) in [6.07, 6.45) is 8.75. The Morgan fingerprint density at radius 3 is 2.78 bits per heavy atom. The van der Waals surface area contributed by atoms with E-state index >= 15 is 0 Å². The Kier molecular flexibility index (Phi) is 4.10. The zero-order chi connectivity index (χ0) is 18.2. The quantitative estimate of drug-likeness (QED) is 0.687. The Morgan fingerprint density at radius 1 is 1.19 bits per heavy atom. The van der Waals surface area contributed by atoms with E-state index < -0.39 is 0 Å². The second kappa shape index (κ2) is 6.75. The van der Waals surface area contributed by atoms with Crippen molar-refractivity contribution in [3.63, 3.8) is 0 Å². The first kappa shape index (κ1) is 16.4. The van der Waals surface area contributed by atoms with Crippen LogP contribution in [-0.4, -0.2) is 43.2 Å². The second-order valence-corrected chi connectivity index (χ2v) is 7.62. The number of aromatic nitrogens is 6. The molecule has 8 heteroatoms. The lowest BCUT2D eigenvalue weighted by molar-refractivity contribution is 0.338. The molecule has 3 aromatic heterocycles. The molecule has 0 unspecified atom stereocenters. The molecule has 1 saturated carbocycles. The molecule has 0 amide bonds. The topological polar surface area (TPSA) is 85.8 Å². The summed E-state index contributed by atoms with van der Waals surface area (Å²) in [6, 6.07) is 3.94. The molecule has 5 rings (SSSR count). The summed E-state index contributed by atoms with van der Waals surface area (Å²) in [5, 5.41) is 12.5. The third-order valence-corrected chi connectivity index (χ3v) is 5.46. The van der Waals surface area contributed by atoms with Gasteiger partial charge in [0.2, 0.25) is 0 Å². The molecule has 1 aliphatic heterocycles. The van der Waals surface area contributed by atoms with Crippen LogP contribution >= 0.6 is 0 Å². The highest BCUT2D eigenvalue weighted by Crippen LogP contribution is 2.38. The van der Waals surface area contributed by atoms with Crippen LogP contribution < -0.4 is 4.90 Å². The van der Waals surface area contributed by atoms with Gasteiger partial charge in [0, 0.05) is 43.5 Å². The van der Waals surface area contributed by atoms with Gasteiger partial charge in [0.25, 0.3) is 5.89 Å². The van der Waals surface area contributed by atoms with E-state index in [2.05, 4.69) is 36.5 Å². The summed E-state index contributed by atoms with van der Waals surface area (Å²) in [4.78, 5) is 11.2. The Morgan fingerprint density at radius 2 is 2.04 bits per heavy atom. The minimum atomic E-state index is 0.545. The van der Waals surface area contributed by atoms with Crippen molar-refractivity contribution in [3.8, 4) is 11.5 Å². The number of aryl methyl sites for hydroxylation is 1. The van der Waals surface area contributed by atoms with Crippen molar-refractivity contribution in [1.29, 1.82) is 0 Å². The molecule has 0 aromatic carbocycles. The summed E-state index contributed by atoms with van der Waals surface area (Å²) < 4.78 is 7.31. The first-order chi connectivity index (χ1) is 13.2. The monoisotopic (exact) mass is 365 g/mol. The van der Waals surface area contributed by atoms with Gasteiger partial charge < -0.3 is 9.42 Å². The lowest BCUT2D eigenvalue weighted by Gasteiger charge is -2.32. The van der Waals surface area contributed by atoms with Gasteiger partial charge in [-0.2, -0.15) is 4.98 Å². The van der Waals surface area contributed by atoms with Crippen molar-refractivity contribution in [2.75, 3.05) is 18.0 Å². The van der Waals surface area contributed by atoms with E-state index in [1.165, 1.54) is 18.5 Å². The molecule has 1 aliphatic carbocycles. The summed E-state index contributed by atoms with van der Waals surface area (Å²) >= 11 is 0. The smallest absolute Gasteiger partial charge is 0.258 e. The highest BCUT2D eigenvalue weighted by atomic mass is 16.5. The van der Waals surface area contributed by atoms with E-state index in [9.17, 15) is 0 Å². The van der Waals surface area contributed by atoms with E-state index in [4.69, 9.17) is 4.52 Å². The van der Waals surface area contributed by atoms with Crippen molar-refractivity contribution in [2.24, 2.45) is 5.92 Å². The predicted molar refractivity (Wildman–Crippen MR) is 99.2 cm³/mol. The zero-order valence-electron chi connectivity index (χ0n) is 15.5. The fourth-order valence-electron chi connectivity index (χ4n) is 3.72. The number of hydrogen-bond donors (Lipinski definition) is 0. The van der Waals surface area contributed by atoms with Gasteiger partial charge in [0.1, 0.15) is 5.82 Å². The summed E-state index contributed by atoms with van der Waals surface area (Å²) in [6.45, 7) is 4.77. The molecule has 140 valence electrons. The maximum Gasteiger partial charge on any atom is 0.258 e. The highest BCUT2D eigenvalue weighted by Gasteiger charge is 2.27. The highest BCUT2D eigenvalue weighted by molar-refractivity contribution is 5.58. The molecule has 1 saturated heterocycles. The first-order valence-corrected chi connectivity index (χ1v) is 9.66. The Balaban J connectivity index is 1.21. The fraction of sp³-hybridized carbons (Fsp3) is 0.526. The van der Waals surface area contributed by atoms with Gasteiger partial charge in [-0.1, -0.05) is 10.4 Å². The molecule has 0 radical (unpaired) electrons. The summed E-state index contributed by atoms with van der Waals surface area (Å²) in [5.74, 6) is 3.46. The van der Waals surface area contributed by atoms with Crippen molar-refractivity contribution < 1.29 is 4.52 Å². The number of piperidine rings is 1. The van der Waals surface area contributed by atoms with Crippen molar-refractivity contribution in [3.05, 3.63) is 36.0 Å². The van der Waals surface area contributed by atoms with Gasteiger partial charge in [0.15, 0.2) is 5.82 Å². The number of anilines is 1. The normalized spacial score (nSPS) is 18.2. The largest absolute Gasteiger partial charge is 0.357 e. The van der Waals surface area contributed by atoms with E-state index in [1.54, 1.807) is 0 Å². The van der Waals surface area contributed by atoms with Crippen LogP contribution in [0.3, 0.4) is 0 Å². The van der Waals surface area contributed by atoms with Crippen molar-refractivity contribution >= 4 is 5.82 Å². The van der Waals surface area contributed by atoms with Crippen LogP contribution in [0.4, 0.5) is 5.82 Å². The van der Waals surface area contributed by atoms with Gasteiger partial charge in [-0.15, -0.1) is 5.10 Å². The van der Waals surface area contributed by atoms with Crippen molar-refractivity contribution in [1.82, 2.24) is 30.1 Å². The fourth-order valence-corrected chi connectivity index (χ4v) is 3.72. The third kappa shape index (κ3) is 3.56. The Labute approximate surface area is 157 Å². The minimum absolute atomic E-state index is 0.545. The van der Waals surface area contributed by atoms with E-state index in [1.807, 2.05) is 29.9 Å². The van der Waals surface area contributed by atoms with Crippen LogP contribution in [0, 0.1) is 12.8 Å². The second-order valence-electron chi connectivity index (χ2n) is 7.62. The van der Waals surface area contributed by atoms with Crippen LogP contribution in [0.1, 0.15) is 43.1 Å². The average Bonchev–Trinajstić information content (AvgIpc) is 3.29. The van der Waals surface area contributed by atoms with Gasteiger partial charge >= 0.3 is 0 Å². The first-order valence-electron chi connectivity index (χ1n) is 9.66. The SMILES string of the molecule is Cc1noc(-c2ccnc(N3CCC(Cn4cc(C5CC5)nn4)CC3)c2)n1. The van der Waals surface area contributed by atoms with Crippen molar-refractivity contribution in [2.45, 2.75) is 45.1 Å². The molecule has 0 spiro atoms. The number of nitrogens with zero attached hydrogens (tertiary/aromatic N) is 7. The number of rotatable bonds is 5. The standard InChI is InChI=1S/C19H23N7O/c1-13-21-19(27-23-13)16-4-7-20-18(10-16)25-8-5-14(6-9-25)11-26-12-17(22-24-26)15-2-3-15/h4,7,10,12,14-15H,2-3,5-6,8-9,11H2,1H3. The molecule has 2 fully saturated rings. The maximum atomic E-state index is 5.28. The predicted octanol–water partition coefficient (Wildman–Crippen LogP) is 2.83. The molecular formula is C19H23N7O. The molecule has 4 heterocycles. The molecule has 0 atom stereocenters. The zero-order valence-corrected chi connectivity index (χ0v) is 15.5. The Hall–Kier alpha value is -2.77. The van der Waals surface area contributed by atoms with E-state index in [0.717, 1.165) is 43.9 Å². The lowest BCUT2D eigenvalue weighted by atomic mass is 9.97. The van der Waals surface area contributed by atoms with Crippen LogP contribution in [0.15, 0.2) is 29.0 Å². The number of hydrogen-bond acceptors (Lipinski definition) is 7. The molecule has 0 N–H and O–H groups in total. The van der Waals surface area contributed by atoms with Gasteiger partial charge in [0.05, 0.1) is 5.69 Å². The van der Waals surface area contributed by atoms with Crippen LogP contribution in [0.25, 0.3) is 11.5 Å². The Bertz CT molecular complexity index is 922. The maximum absolute atomic E-state index is 5.28. The average molecular weight is 365 g/mol. The molecule has 2 aliphatic rings.